The van der Waals surface area contributed by atoms with Crippen LogP contribution in [0.3, 0.4) is 0 Å². The molecule has 0 aliphatic carbocycles. The van der Waals surface area contributed by atoms with Crippen molar-refractivity contribution >= 4 is 16.0 Å². The highest BCUT2D eigenvalue weighted by Gasteiger charge is 2.21. The second-order valence-corrected chi connectivity index (χ2v) is 5.82. The summed E-state index contributed by atoms with van der Waals surface area (Å²) in [6.07, 6.45) is 0. The molecule has 0 bridgehead atoms. The van der Waals surface area contributed by atoms with Crippen LogP contribution in [0.4, 0.5) is 0 Å². The van der Waals surface area contributed by atoms with E-state index in [4.69, 9.17) is 14.9 Å². The first-order chi connectivity index (χ1) is 9.31. The maximum atomic E-state index is 12.0. The molecule has 0 aromatic heterocycles. The maximum absolute atomic E-state index is 12.0. The van der Waals surface area contributed by atoms with Gasteiger partial charge in [0.2, 0.25) is 10.0 Å². The van der Waals surface area contributed by atoms with Gasteiger partial charge in [-0.3, -0.25) is 0 Å². The van der Waals surface area contributed by atoms with Crippen LogP contribution < -0.4 is 9.46 Å². The molecule has 3 N–H and O–H groups in total. The van der Waals surface area contributed by atoms with Gasteiger partial charge in [-0.25, -0.2) is 17.9 Å². The molecule has 8 heteroatoms. The van der Waals surface area contributed by atoms with Crippen LogP contribution in [0.15, 0.2) is 23.1 Å². The van der Waals surface area contributed by atoms with E-state index in [-0.39, 0.29) is 29.4 Å². The van der Waals surface area contributed by atoms with Crippen LogP contribution in [0.5, 0.6) is 5.75 Å². The maximum Gasteiger partial charge on any atom is 0.339 e. The Morgan fingerprint density at radius 1 is 1.45 bits per heavy atom. The first kappa shape index (κ1) is 16.4. The second-order valence-electron chi connectivity index (χ2n) is 4.10. The van der Waals surface area contributed by atoms with Gasteiger partial charge in [-0.05, 0) is 32.0 Å². The smallest absolute Gasteiger partial charge is 0.339 e. The van der Waals surface area contributed by atoms with Crippen LogP contribution >= 0.6 is 0 Å². The average Bonchev–Trinajstić information content (AvgIpc) is 2.38. The largest absolute Gasteiger partial charge is 0.493 e. The van der Waals surface area contributed by atoms with E-state index < -0.39 is 22.0 Å². The lowest BCUT2D eigenvalue weighted by molar-refractivity contribution is 0.0692. The number of hydrogen-bond donors (Lipinski definition) is 3. The van der Waals surface area contributed by atoms with Crippen molar-refractivity contribution in [3.05, 3.63) is 23.8 Å². The zero-order valence-electron chi connectivity index (χ0n) is 11.2. The summed E-state index contributed by atoms with van der Waals surface area (Å²) in [6.45, 7) is 3.10. The number of rotatable bonds is 7. The number of carbonyl (C=O) groups is 1. The number of aliphatic hydroxyl groups excluding tert-OH is 1. The van der Waals surface area contributed by atoms with Crippen molar-refractivity contribution in [1.82, 2.24) is 4.72 Å². The van der Waals surface area contributed by atoms with E-state index in [1.807, 2.05) is 0 Å². The van der Waals surface area contributed by atoms with Crippen molar-refractivity contribution in [2.75, 3.05) is 13.2 Å². The molecule has 0 aliphatic heterocycles. The van der Waals surface area contributed by atoms with Crippen LogP contribution in [-0.2, 0) is 10.0 Å². The number of hydrogen-bond acceptors (Lipinski definition) is 5. The summed E-state index contributed by atoms with van der Waals surface area (Å²) in [5.74, 6) is -1.17. The van der Waals surface area contributed by atoms with Gasteiger partial charge in [0.15, 0.2) is 0 Å². The lowest BCUT2D eigenvalue weighted by atomic mass is 10.2. The summed E-state index contributed by atoms with van der Waals surface area (Å²) < 4.78 is 31.3. The van der Waals surface area contributed by atoms with Crippen molar-refractivity contribution in [2.24, 2.45) is 0 Å². The number of carboxylic acid groups (broad SMARTS) is 1. The SMILES string of the molecule is CCOc1ccc(S(=O)(=O)N[C@H](C)CO)cc1C(=O)O. The van der Waals surface area contributed by atoms with E-state index >= 15 is 0 Å². The van der Waals surface area contributed by atoms with Gasteiger partial charge in [-0.1, -0.05) is 0 Å². The number of ether oxygens (including phenoxy) is 1. The third-order valence-electron chi connectivity index (χ3n) is 2.42. The van der Waals surface area contributed by atoms with Gasteiger partial charge >= 0.3 is 5.97 Å². The van der Waals surface area contributed by atoms with Crippen LogP contribution in [0.2, 0.25) is 0 Å². The Kier molecular flexibility index (Phi) is 5.49. The average molecular weight is 303 g/mol. The monoisotopic (exact) mass is 303 g/mol. The van der Waals surface area contributed by atoms with Gasteiger partial charge in [0, 0.05) is 6.04 Å². The molecular formula is C12H17NO6S. The van der Waals surface area contributed by atoms with E-state index in [0.29, 0.717) is 0 Å². The van der Waals surface area contributed by atoms with Gasteiger partial charge < -0.3 is 14.9 Å². The molecule has 0 aliphatic rings. The minimum atomic E-state index is -3.89. The van der Waals surface area contributed by atoms with E-state index in [1.165, 1.54) is 19.1 Å². The quantitative estimate of drug-likeness (QED) is 0.674. The van der Waals surface area contributed by atoms with E-state index in [2.05, 4.69) is 4.72 Å². The van der Waals surface area contributed by atoms with Gasteiger partial charge in [-0.15, -0.1) is 0 Å². The highest BCUT2D eigenvalue weighted by atomic mass is 32.2. The Labute approximate surface area is 117 Å². The zero-order chi connectivity index (χ0) is 15.3. The zero-order valence-corrected chi connectivity index (χ0v) is 12.0. The summed E-state index contributed by atoms with van der Waals surface area (Å²) in [7, 11) is -3.89. The highest BCUT2D eigenvalue weighted by molar-refractivity contribution is 7.89. The van der Waals surface area contributed by atoms with Crippen LogP contribution in [0.1, 0.15) is 24.2 Å². The predicted molar refractivity (Wildman–Crippen MR) is 71.4 cm³/mol. The van der Waals surface area contributed by atoms with E-state index in [0.717, 1.165) is 6.07 Å². The fourth-order valence-electron chi connectivity index (χ4n) is 1.49. The lowest BCUT2D eigenvalue weighted by Gasteiger charge is -2.13. The third kappa shape index (κ3) is 3.92. The molecule has 0 saturated carbocycles. The molecule has 0 heterocycles. The van der Waals surface area contributed by atoms with Gasteiger partial charge in [0.1, 0.15) is 11.3 Å². The lowest BCUT2D eigenvalue weighted by Crippen LogP contribution is -2.35. The number of aromatic carboxylic acids is 1. The standard InChI is InChI=1S/C12H17NO6S/c1-3-19-11-5-4-9(6-10(11)12(15)16)20(17,18)13-8(2)7-14/h4-6,8,13-14H,3,7H2,1-2H3,(H,15,16)/t8-/m1/s1. The van der Waals surface area contributed by atoms with Crippen LogP contribution in [-0.4, -0.2) is 43.9 Å². The minimum absolute atomic E-state index is 0.106. The first-order valence-corrected chi connectivity index (χ1v) is 7.43. The second kappa shape index (κ2) is 6.69. The Morgan fingerprint density at radius 2 is 2.10 bits per heavy atom. The van der Waals surface area contributed by atoms with Crippen molar-refractivity contribution in [1.29, 1.82) is 0 Å². The molecule has 1 aromatic carbocycles. The Morgan fingerprint density at radius 3 is 2.60 bits per heavy atom. The minimum Gasteiger partial charge on any atom is -0.493 e. The van der Waals surface area contributed by atoms with Crippen molar-refractivity contribution in [2.45, 2.75) is 24.8 Å². The molecule has 0 saturated heterocycles. The van der Waals surface area contributed by atoms with Crippen molar-refractivity contribution < 1.29 is 28.2 Å². The third-order valence-corrected chi connectivity index (χ3v) is 4.01. The molecule has 0 fully saturated rings. The molecule has 0 spiro atoms. The molecule has 0 radical (unpaired) electrons. The van der Waals surface area contributed by atoms with Crippen LogP contribution in [0, 0.1) is 0 Å². The molecule has 7 nitrogen and oxygen atoms in total. The molecule has 1 rings (SSSR count). The Hall–Kier alpha value is -1.64. The summed E-state index contributed by atoms with van der Waals surface area (Å²) in [6, 6.07) is 2.91. The molecule has 0 unspecified atom stereocenters. The van der Waals surface area contributed by atoms with Crippen molar-refractivity contribution in [3.8, 4) is 5.75 Å². The fourth-order valence-corrected chi connectivity index (χ4v) is 2.76. The van der Waals surface area contributed by atoms with Gasteiger partial charge in [0.25, 0.3) is 0 Å². The molecule has 1 aromatic rings. The number of carboxylic acids is 1. The van der Waals surface area contributed by atoms with Gasteiger partial charge in [-0.2, -0.15) is 0 Å². The number of nitrogens with one attached hydrogen (secondary N) is 1. The summed E-state index contributed by atoms with van der Waals surface area (Å²) >= 11 is 0. The van der Waals surface area contributed by atoms with E-state index in [1.54, 1.807) is 6.92 Å². The molecule has 1 atom stereocenters. The van der Waals surface area contributed by atoms with Crippen LogP contribution in [0.25, 0.3) is 0 Å². The molecule has 0 amide bonds. The fraction of sp³-hybridized carbons (Fsp3) is 0.417. The summed E-state index contributed by atoms with van der Waals surface area (Å²) in [4.78, 5) is 10.9. The summed E-state index contributed by atoms with van der Waals surface area (Å²) in [5.41, 5.74) is -0.230. The molecule has 20 heavy (non-hydrogen) atoms. The van der Waals surface area contributed by atoms with E-state index in [9.17, 15) is 13.2 Å². The number of aliphatic hydroxyl groups is 1. The normalized spacial score (nSPS) is 12.9. The summed E-state index contributed by atoms with van der Waals surface area (Å²) in [5, 5.41) is 17.9. The first-order valence-electron chi connectivity index (χ1n) is 5.95. The molecular weight excluding hydrogens is 286 g/mol. The Balaban J connectivity index is 3.20. The Bertz CT molecular complexity index is 584. The predicted octanol–water partition coefficient (Wildman–Crippen LogP) is 0.443. The highest BCUT2D eigenvalue weighted by Crippen LogP contribution is 2.23. The van der Waals surface area contributed by atoms with Crippen molar-refractivity contribution in [3.63, 3.8) is 0 Å². The molecule has 112 valence electrons. The number of benzene rings is 1. The topological polar surface area (TPSA) is 113 Å². The van der Waals surface area contributed by atoms with Gasteiger partial charge in [0.05, 0.1) is 18.1 Å². The number of sulfonamides is 1.